The van der Waals surface area contributed by atoms with Gasteiger partial charge in [0.2, 0.25) is 0 Å². The van der Waals surface area contributed by atoms with E-state index in [4.69, 9.17) is 9.47 Å². The molecule has 0 saturated carbocycles. The Morgan fingerprint density at radius 1 is 1.32 bits per heavy atom. The minimum Gasteiger partial charge on any atom is -0.465 e. The molecular formula is C15H21N3O3S. The van der Waals surface area contributed by atoms with Gasteiger partial charge in [0.05, 0.1) is 25.0 Å². The summed E-state index contributed by atoms with van der Waals surface area (Å²) in [4.78, 5) is 20.8. The molecule has 0 saturated heterocycles. The molecule has 22 heavy (non-hydrogen) atoms. The lowest BCUT2D eigenvalue weighted by Gasteiger charge is -2.01. The summed E-state index contributed by atoms with van der Waals surface area (Å²) in [6.07, 6.45) is 0. The van der Waals surface area contributed by atoms with E-state index >= 15 is 0 Å². The Kier molecular flexibility index (Phi) is 5.20. The highest BCUT2D eigenvalue weighted by Crippen LogP contribution is 2.34. The van der Waals surface area contributed by atoms with Gasteiger partial charge in [-0.1, -0.05) is 0 Å². The molecule has 0 fully saturated rings. The van der Waals surface area contributed by atoms with Crippen molar-refractivity contribution in [3.63, 3.8) is 0 Å². The number of hydrogen-bond donors (Lipinski definition) is 2. The number of anilines is 1. The number of methoxy groups -OCH3 is 2. The van der Waals surface area contributed by atoms with Crippen LogP contribution in [-0.4, -0.2) is 43.3 Å². The number of aromatic nitrogens is 2. The van der Waals surface area contributed by atoms with Gasteiger partial charge in [0.15, 0.2) is 5.13 Å². The highest BCUT2D eigenvalue weighted by Gasteiger charge is 2.22. The maximum atomic E-state index is 11.9. The number of carbonyl (C=O) groups excluding carboxylic acids is 1. The third kappa shape index (κ3) is 3.15. The summed E-state index contributed by atoms with van der Waals surface area (Å²) in [6, 6.07) is 0. The fourth-order valence-electron chi connectivity index (χ4n) is 2.36. The molecule has 0 unspecified atom stereocenters. The second kappa shape index (κ2) is 6.93. The van der Waals surface area contributed by atoms with Gasteiger partial charge < -0.3 is 19.8 Å². The predicted octanol–water partition coefficient (Wildman–Crippen LogP) is 2.91. The molecule has 0 aromatic carbocycles. The van der Waals surface area contributed by atoms with E-state index < -0.39 is 0 Å². The fourth-order valence-corrected chi connectivity index (χ4v) is 3.20. The fraction of sp³-hybridized carbons (Fsp3) is 0.467. The summed E-state index contributed by atoms with van der Waals surface area (Å²) in [5.41, 5.74) is 3.97. The van der Waals surface area contributed by atoms with Crippen LogP contribution < -0.4 is 5.32 Å². The van der Waals surface area contributed by atoms with Gasteiger partial charge in [-0.05, 0) is 26.3 Å². The van der Waals surface area contributed by atoms with Crippen LogP contribution in [0.25, 0.3) is 11.4 Å². The zero-order valence-electron chi connectivity index (χ0n) is 13.5. The Morgan fingerprint density at radius 2 is 2.05 bits per heavy atom. The smallest absolute Gasteiger partial charge is 0.339 e. The molecule has 0 aliphatic carbocycles. The van der Waals surface area contributed by atoms with Gasteiger partial charge >= 0.3 is 5.97 Å². The van der Waals surface area contributed by atoms with Crippen molar-refractivity contribution < 1.29 is 14.3 Å². The molecule has 0 aliphatic rings. The van der Waals surface area contributed by atoms with E-state index in [9.17, 15) is 4.79 Å². The first-order valence-corrected chi connectivity index (χ1v) is 7.79. The van der Waals surface area contributed by atoms with Crippen LogP contribution in [0.2, 0.25) is 0 Å². The summed E-state index contributed by atoms with van der Waals surface area (Å²) < 4.78 is 9.86. The van der Waals surface area contributed by atoms with Crippen molar-refractivity contribution in [2.45, 2.75) is 20.8 Å². The molecule has 2 aromatic rings. The van der Waals surface area contributed by atoms with E-state index in [1.54, 1.807) is 18.4 Å². The quantitative estimate of drug-likeness (QED) is 0.631. The van der Waals surface area contributed by atoms with Crippen LogP contribution in [0.5, 0.6) is 0 Å². The van der Waals surface area contributed by atoms with E-state index in [-0.39, 0.29) is 5.97 Å². The lowest BCUT2D eigenvalue weighted by Crippen LogP contribution is -2.07. The molecule has 7 heteroatoms. The maximum absolute atomic E-state index is 11.9. The number of esters is 1. The summed E-state index contributed by atoms with van der Waals surface area (Å²) in [5, 5.41) is 4.07. The standard InChI is InChI=1S/C15H21N3O3S/c1-8-11(14(19)21-5)9(2)17-12(8)13-10(3)22-15(18-13)16-6-7-20-4/h17H,6-7H2,1-5H3,(H,16,18). The molecule has 0 amide bonds. The third-order valence-electron chi connectivity index (χ3n) is 3.44. The number of nitrogens with zero attached hydrogens (tertiary/aromatic N) is 1. The Hall–Kier alpha value is -1.86. The van der Waals surface area contributed by atoms with Gasteiger partial charge in [-0.2, -0.15) is 0 Å². The second-order valence-electron chi connectivity index (χ2n) is 4.96. The predicted molar refractivity (Wildman–Crippen MR) is 87.8 cm³/mol. The Labute approximate surface area is 133 Å². The summed E-state index contributed by atoms with van der Waals surface area (Å²) in [7, 11) is 3.05. The number of nitrogens with one attached hydrogen (secondary N) is 2. The maximum Gasteiger partial charge on any atom is 0.339 e. The number of carbonyl (C=O) groups is 1. The summed E-state index contributed by atoms with van der Waals surface area (Å²) >= 11 is 1.58. The third-order valence-corrected chi connectivity index (χ3v) is 4.37. The number of aromatic amines is 1. The first-order chi connectivity index (χ1) is 10.5. The van der Waals surface area contributed by atoms with Crippen molar-refractivity contribution in [3.8, 4) is 11.4 Å². The molecule has 120 valence electrons. The first kappa shape index (κ1) is 16.5. The van der Waals surface area contributed by atoms with Crippen LogP contribution in [0.4, 0.5) is 5.13 Å². The van der Waals surface area contributed by atoms with Crippen LogP contribution in [0.1, 0.15) is 26.5 Å². The van der Waals surface area contributed by atoms with Crippen molar-refractivity contribution in [3.05, 3.63) is 21.7 Å². The number of rotatable bonds is 6. The van der Waals surface area contributed by atoms with Gasteiger partial charge in [-0.15, -0.1) is 11.3 Å². The van der Waals surface area contributed by atoms with Crippen LogP contribution in [-0.2, 0) is 9.47 Å². The average molecular weight is 323 g/mol. The zero-order valence-corrected chi connectivity index (χ0v) is 14.3. The Bertz CT molecular complexity index is 676. The van der Waals surface area contributed by atoms with Gasteiger partial charge in [-0.3, -0.25) is 0 Å². The number of thiazole rings is 1. The van der Waals surface area contributed by atoms with Crippen LogP contribution in [0.15, 0.2) is 0 Å². The molecule has 2 N–H and O–H groups in total. The lowest BCUT2D eigenvalue weighted by atomic mass is 10.1. The Morgan fingerprint density at radius 3 is 2.68 bits per heavy atom. The lowest BCUT2D eigenvalue weighted by molar-refractivity contribution is 0.0599. The zero-order chi connectivity index (χ0) is 16.3. The van der Waals surface area contributed by atoms with Gasteiger partial charge in [0, 0.05) is 24.2 Å². The summed E-state index contributed by atoms with van der Waals surface area (Å²) in [5.74, 6) is -0.330. The topological polar surface area (TPSA) is 76.2 Å². The normalized spacial score (nSPS) is 10.8. The van der Waals surface area contributed by atoms with Gasteiger partial charge in [0.1, 0.15) is 5.69 Å². The molecule has 6 nitrogen and oxygen atoms in total. The molecular weight excluding hydrogens is 302 g/mol. The molecule has 0 aliphatic heterocycles. The van der Waals surface area contributed by atoms with Crippen LogP contribution >= 0.6 is 11.3 Å². The van der Waals surface area contributed by atoms with Crippen molar-refractivity contribution in [1.82, 2.24) is 9.97 Å². The monoisotopic (exact) mass is 323 g/mol. The number of hydrogen-bond acceptors (Lipinski definition) is 6. The minimum atomic E-state index is -0.330. The Balaban J connectivity index is 2.34. The van der Waals surface area contributed by atoms with Gasteiger partial charge in [-0.25, -0.2) is 9.78 Å². The largest absolute Gasteiger partial charge is 0.465 e. The molecule has 0 atom stereocenters. The summed E-state index contributed by atoms with van der Waals surface area (Å²) in [6.45, 7) is 7.12. The second-order valence-corrected chi connectivity index (χ2v) is 6.16. The highest BCUT2D eigenvalue weighted by molar-refractivity contribution is 7.16. The van der Waals surface area contributed by atoms with Gasteiger partial charge in [0.25, 0.3) is 0 Å². The van der Waals surface area contributed by atoms with Crippen molar-refractivity contribution in [2.24, 2.45) is 0 Å². The SMILES string of the molecule is COCCNc1nc(-c2[nH]c(C)c(C(=O)OC)c2C)c(C)s1. The van der Waals surface area contributed by atoms with E-state index in [0.29, 0.717) is 18.7 Å². The molecule has 0 radical (unpaired) electrons. The molecule has 0 spiro atoms. The number of ether oxygens (including phenoxy) is 2. The van der Waals surface area contributed by atoms with E-state index in [1.165, 1.54) is 7.11 Å². The minimum absolute atomic E-state index is 0.330. The number of H-pyrrole nitrogens is 1. The molecule has 2 heterocycles. The molecule has 2 aromatic heterocycles. The van der Waals surface area contributed by atoms with E-state index in [2.05, 4.69) is 15.3 Å². The van der Waals surface area contributed by atoms with Crippen molar-refractivity contribution in [2.75, 3.05) is 32.7 Å². The highest BCUT2D eigenvalue weighted by atomic mass is 32.1. The van der Waals surface area contributed by atoms with Crippen LogP contribution in [0, 0.1) is 20.8 Å². The van der Waals surface area contributed by atoms with Crippen molar-refractivity contribution >= 4 is 22.4 Å². The van der Waals surface area contributed by atoms with Crippen LogP contribution in [0.3, 0.4) is 0 Å². The molecule has 0 bridgehead atoms. The van der Waals surface area contributed by atoms with Crippen molar-refractivity contribution in [1.29, 1.82) is 0 Å². The average Bonchev–Trinajstić information content (AvgIpc) is 2.98. The number of aryl methyl sites for hydroxylation is 2. The molecule has 2 rings (SSSR count). The van der Waals surface area contributed by atoms with E-state index in [1.807, 2.05) is 20.8 Å². The first-order valence-electron chi connectivity index (χ1n) is 6.97. The van der Waals surface area contributed by atoms with E-state index in [0.717, 1.165) is 32.7 Å².